The molecule has 7 heteroatoms. The van der Waals surface area contributed by atoms with Gasteiger partial charge in [0.2, 0.25) is 0 Å². The summed E-state index contributed by atoms with van der Waals surface area (Å²) < 4.78 is 18.0. The molecule has 0 aromatic heterocycles. The lowest BCUT2D eigenvalue weighted by atomic mass is 10.3. The number of rotatable bonds is 13. The standard InChI is InChI=1S/C15H34O4Si3/c1-7-15(16)17-13-12-14(6)22(18-20(8-2)9-3)19-21(10-4)11-5/h7,14,20-22H,1,8-13H2,2-6H3/p+2. The summed E-state index contributed by atoms with van der Waals surface area (Å²) in [5.74, 6) is -0.351. The molecule has 0 aromatic carbocycles. The molecule has 0 aliphatic rings. The Labute approximate surface area is 144 Å². The Morgan fingerprint density at radius 1 is 1.09 bits per heavy atom. The summed E-state index contributed by atoms with van der Waals surface area (Å²) in [7, 11) is -3.90. The van der Waals surface area contributed by atoms with Gasteiger partial charge in [-0.1, -0.05) is 41.2 Å². The fourth-order valence-corrected chi connectivity index (χ4v) is 12.8. The Balaban J connectivity index is -0.00000220. The van der Waals surface area contributed by atoms with Crippen molar-refractivity contribution in [1.29, 1.82) is 0 Å². The van der Waals surface area contributed by atoms with E-state index in [0.717, 1.165) is 30.6 Å². The SMILES string of the molecule is C=CC(=O)OCCC(C)[SiH](O[SiH](CC)CC)O[SiH](CC)CC.[H+].[H+]. The van der Waals surface area contributed by atoms with Crippen molar-refractivity contribution in [2.45, 2.75) is 70.8 Å². The van der Waals surface area contributed by atoms with Gasteiger partial charge in [0.15, 0.2) is 18.1 Å². The molecule has 0 heterocycles. The van der Waals surface area contributed by atoms with Gasteiger partial charge in [-0.2, -0.15) is 0 Å². The summed E-state index contributed by atoms with van der Waals surface area (Å²) in [6.45, 7) is 14.9. The third-order valence-corrected chi connectivity index (χ3v) is 14.1. The molecule has 0 fully saturated rings. The molecule has 0 amide bonds. The van der Waals surface area contributed by atoms with Gasteiger partial charge in [-0.15, -0.1) is 0 Å². The maximum atomic E-state index is 11.1. The molecule has 0 aliphatic heterocycles. The molecular weight excluding hydrogens is 328 g/mol. The molecule has 130 valence electrons. The maximum Gasteiger partial charge on any atom is 1.00 e. The van der Waals surface area contributed by atoms with Gasteiger partial charge in [0.1, 0.15) is 0 Å². The molecule has 1 unspecified atom stereocenters. The summed E-state index contributed by atoms with van der Waals surface area (Å²) in [4.78, 5) is 11.1. The van der Waals surface area contributed by atoms with Crippen LogP contribution in [0.25, 0.3) is 0 Å². The van der Waals surface area contributed by atoms with Crippen LogP contribution in [0.3, 0.4) is 0 Å². The molecule has 1 atom stereocenters. The first-order chi connectivity index (χ1) is 10.5. The Morgan fingerprint density at radius 2 is 1.55 bits per heavy atom. The zero-order valence-corrected chi connectivity index (χ0v) is 18.4. The Bertz CT molecular complexity index is 303. The highest BCUT2D eigenvalue weighted by atomic mass is 28.4. The summed E-state index contributed by atoms with van der Waals surface area (Å²) in [5.41, 5.74) is 0.374. The minimum atomic E-state index is -1.68. The van der Waals surface area contributed by atoms with Crippen molar-refractivity contribution in [2.24, 2.45) is 0 Å². The second kappa shape index (κ2) is 13.2. The summed E-state index contributed by atoms with van der Waals surface area (Å²) in [5, 5.41) is 0. The van der Waals surface area contributed by atoms with Crippen LogP contribution in [-0.2, 0) is 17.8 Å². The van der Waals surface area contributed by atoms with Crippen molar-refractivity contribution in [3.63, 3.8) is 0 Å². The van der Waals surface area contributed by atoms with E-state index in [0.29, 0.717) is 12.1 Å². The lowest BCUT2D eigenvalue weighted by Gasteiger charge is -2.29. The molecular formula is C15H36O4Si3+2. The van der Waals surface area contributed by atoms with E-state index in [-0.39, 0.29) is 8.82 Å². The Hall–Kier alpha value is -0.219. The van der Waals surface area contributed by atoms with E-state index in [9.17, 15) is 4.79 Å². The van der Waals surface area contributed by atoms with E-state index < -0.39 is 27.4 Å². The highest BCUT2D eigenvalue weighted by molar-refractivity contribution is 6.69. The number of hydrogen-bond donors (Lipinski definition) is 0. The molecule has 0 aromatic rings. The van der Waals surface area contributed by atoms with Crippen molar-refractivity contribution in [3.8, 4) is 0 Å². The number of ether oxygens (including phenoxy) is 1. The van der Waals surface area contributed by atoms with Gasteiger partial charge in [-0.3, -0.25) is 0 Å². The minimum Gasteiger partial charge on any atom is -0.463 e. The van der Waals surface area contributed by atoms with Gasteiger partial charge >= 0.3 is 18.1 Å². The van der Waals surface area contributed by atoms with Crippen LogP contribution in [0.1, 0.15) is 43.9 Å². The van der Waals surface area contributed by atoms with Crippen LogP contribution in [0.4, 0.5) is 0 Å². The lowest BCUT2D eigenvalue weighted by Crippen LogP contribution is -2.39. The van der Waals surface area contributed by atoms with Crippen LogP contribution >= 0.6 is 0 Å². The van der Waals surface area contributed by atoms with Gasteiger partial charge in [-0.25, -0.2) is 4.79 Å². The van der Waals surface area contributed by atoms with Crippen LogP contribution in [0.2, 0.25) is 29.7 Å². The first kappa shape index (κ1) is 21.8. The molecule has 0 aliphatic carbocycles. The molecule has 0 N–H and O–H groups in total. The van der Waals surface area contributed by atoms with Gasteiger partial charge in [-0.05, 0) is 36.1 Å². The fraction of sp³-hybridized carbons (Fsp3) is 0.800. The van der Waals surface area contributed by atoms with Crippen molar-refractivity contribution in [1.82, 2.24) is 0 Å². The van der Waals surface area contributed by atoms with Gasteiger partial charge in [0.25, 0.3) is 0 Å². The first-order valence-electron chi connectivity index (χ1n) is 8.62. The minimum absolute atomic E-state index is 0. The van der Waals surface area contributed by atoms with Crippen molar-refractivity contribution >= 4 is 33.3 Å². The largest absolute Gasteiger partial charge is 1.00 e. The topological polar surface area (TPSA) is 44.8 Å². The van der Waals surface area contributed by atoms with Gasteiger partial charge < -0.3 is 13.0 Å². The molecule has 4 nitrogen and oxygen atoms in total. The van der Waals surface area contributed by atoms with E-state index >= 15 is 0 Å². The Kier molecular flexibility index (Phi) is 13.1. The summed E-state index contributed by atoms with van der Waals surface area (Å²) in [6.07, 6.45) is 2.03. The highest BCUT2D eigenvalue weighted by Crippen LogP contribution is 2.21. The predicted octanol–water partition coefficient (Wildman–Crippen LogP) is 3.50. The number of carbonyl (C=O) groups is 1. The van der Waals surface area contributed by atoms with E-state index in [1.165, 1.54) is 6.08 Å². The van der Waals surface area contributed by atoms with Crippen LogP contribution in [0.15, 0.2) is 12.7 Å². The molecule has 0 spiro atoms. The fourth-order valence-electron chi connectivity index (χ4n) is 2.18. The monoisotopic (exact) mass is 364 g/mol. The highest BCUT2D eigenvalue weighted by Gasteiger charge is 2.27. The zero-order chi connectivity index (χ0) is 17.0. The van der Waals surface area contributed by atoms with Crippen LogP contribution in [0.5, 0.6) is 0 Å². The van der Waals surface area contributed by atoms with E-state index in [1.54, 1.807) is 0 Å². The van der Waals surface area contributed by atoms with Gasteiger partial charge in [0.05, 0.1) is 6.61 Å². The average molecular weight is 365 g/mol. The second-order valence-electron chi connectivity index (χ2n) is 5.66. The molecule has 0 saturated carbocycles. The lowest BCUT2D eigenvalue weighted by molar-refractivity contribution is -0.137. The van der Waals surface area contributed by atoms with E-state index in [2.05, 4.69) is 41.2 Å². The zero-order valence-electron chi connectivity index (χ0n) is 17.0. The van der Waals surface area contributed by atoms with Crippen molar-refractivity contribution in [3.05, 3.63) is 12.7 Å². The quantitative estimate of drug-likeness (QED) is 0.285. The van der Waals surface area contributed by atoms with Crippen LogP contribution in [0, 0.1) is 0 Å². The molecule has 22 heavy (non-hydrogen) atoms. The first-order valence-corrected chi connectivity index (χ1v) is 14.4. The van der Waals surface area contributed by atoms with Gasteiger partial charge in [0, 0.05) is 6.08 Å². The van der Waals surface area contributed by atoms with E-state index in [4.69, 9.17) is 13.0 Å². The summed E-state index contributed by atoms with van der Waals surface area (Å²) >= 11 is 0. The van der Waals surface area contributed by atoms with E-state index in [1.807, 2.05) is 0 Å². The second-order valence-corrected chi connectivity index (χ2v) is 15.5. The predicted molar refractivity (Wildman–Crippen MR) is 103 cm³/mol. The molecule has 0 rings (SSSR count). The smallest absolute Gasteiger partial charge is 0.463 e. The number of carbonyl (C=O) groups excluding carboxylic acids is 1. The Morgan fingerprint density at radius 3 is 1.91 bits per heavy atom. The van der Waals surface area contributed by atoms with Crippen LogP contribution in [-0.4, -0.2) is 39.9 Å². The molecule has 0 bridgehead atoms. The molecule has 0 radical (unpaired) electrons. The average Bonchev–Trinajstić information content (AvgIpc) is 2.54. The van der Waals surface area contributed by atoms with Crippen molar-refractivity contribution < 1.29 is 20.6 Å². The maximum absolute atomic E-state index is 11.1. The third kappa shape index (κ3) is 9.04. The number of esters is 1. The third-order valence-electron chi connectivity index (χ3n) is 3.92. The normalized spacial score (nSPS) is 12.9. The van der Waals surface area contributed by atoms with Crippen LogP contribution < -0.4 is 0 Å². The summed E-state index contributed by atoms with van der Waals surface area (Å²) in [6, 6.07) is 4.63. The number of hydrogen-bond acceptors (Lipinski definition) is 4. The van der Waals surface area contributed by atoms with Crippen molar-refractivity contribution in [2.75, 3.05) is 6.61 Å². The molecule has 0 saturated heterocycles.